The third kappa shape index (κ3) is 3.61. The van der Waals surface area contributed by atoms with E-state index in [1.807, 2.05) is 31.2 Å². The minimum Gasteiger partial charge on any atom is -0.364 e. The summed E-state index contributed by atoms with van der Waals surface area (Å²) >= 11 is 0. The van der Waals surface area contributed by atoms with Gasteiger partial charge in [0.1, 0.15) is 11.7 Å². The maximum absolute atomic E-state index is 12.7. The van der Waals surface area contributed by atoms with Gasteiger partial charge in [-0.2, -0.15) is 0 Å². The fraction of sp³-hybridized carbons (Fsp3) is 0.316. The second-order valence-electron chi connectivity index (χ2n) is 6.64. The Kier molecular flexibility index (Phi) is 4.79. The first-order valence-electron chi connectivity index (χ1n) is 8.47. The van der Waals surface area contributed by atoms with Crippen LogP contribution in [0.15, 0.2) is 36.5 Å². The Morgan fingerprint density at radius 2 is 1.96 bits per heavy atom. The Balaban J connectivity index is 1.73. The summed E-state index contributed by atoms with van der Waals surface area (Å²) < 4.78 is 1.56. The highest BCUT2D eigenvalue weighted by atomic mass is 16.2. The molecule has 2 aromatic rings. The van der Waals surface area contributed by atoms with Gasteiger partial charge >= 0.3 is 0 Å². The zero-order valence-electron chi connectivity index (χ0n) is 14.9. The molecule has 0 bridgehead atoms. The predicted molar refractivity (Wildman–Crippen MR) is 97.3 cm³/mol. The first kappa shape index (κ1) is 17.7. The number of primary amides is 1. The van der Waals surface area contributed by atoms with E-state index in [1.54, 1.807) is 22.7 Å². The lowest BCUT2D eigenvalue weighted by Crippen LogP contribution is -2.41. The van der Waals surface area contributed by atoms with Crippen LogP contribution in [-0.2, 0) is 23.2 Å². The van der Waals surface area contributed by atoms with E-state index in [0.29, 0.717) is 30.8 Å². The van der Waals surface area contributed by atoms with Gasteiger partial charge in [0.25, 0.3) is 5.91 Å². The topological polar surface area (TPSA) is 97.4 Å². The zero-order chi connectivity index (χ0) is 18.8. The van der Waals surface area contributed by atoms with Crippen LogP contribution >= 0.6 is 0 Å². The van der Waals surface area contributed by atoms with Crippen LogP contribution in [0.2, 0.25) is 0 Å². The largest absolute Gasteiger partial charge is 0.364 e. The number of rotatable bonds is 5. The number of benzene rings is 1. The van der Waals surface area contributed by atoms with Crippen molar-refractivity contribution in [2.75, 3.05) is 5.32 Å². The van der Waals surface area contributed by atoms with Gasteiger partial charge in [0.05, 0.1) is 5.69 Å². The van der Waals surface area contributed by atoms with Gasteiger partial charge < -0.3 is 20.5 Å². The lowest BCUT2D eigenvalue weighted by atomic mass is 10.1. The molecule has 1 atom stereocenters. The van der Waals surface area contributed by atoms with Gasteiger partial charge in [-0.3, -0.25) is 14.4 Å². The normalized spacial score (nSPS) is 16.8. The van der Waals surface area contributed by atoms with E-state index in [4.69, 9.17) is 5.73 Å². The number of nitrogens with two attached hydrogens (primary N) is 1. The number of hydrogen-bond acceptors (Lipinski definition) is 3. The highest BCUT2D eigenvalue weighted by Crippen LogP contribution is 2.23. The van der Waals surface area contributed by atoms with Crippen molar-refractivity contribution in [2.24, 2.45) is 12.8 Å². The van der Waals surface area contributed by atoms with Crippen molar-refractivity contribution in [3.63, 3.8) is 0 Å². The molecule has 136 valence electrons. The van der Waals surface area contributed by atoms with Crippen molar-refractivity contribution in [1.29, 1.82) is 0 Å². The van der Waals surface area contributed by atoms with Crippen molar-refractivity contribution in [3.05, 3.63) is 53.3 Å². The van der Waals surface area contributed by atoms with E-state index in [9.17, 15) is 14.4 Å². The number of carbonyl (C=O) groups is 3. The molecule has 1 aromatic heterocycles. The van der Waals surface area contributed by atoms with E-state index < -0.39 is 11.9 Å². The second kappa shape index (κ2) is 7.03. The van der Waals surface area contributed by atoms with Gasteiger partial charge in [0, 0.05) is 26.2 Å². The molecule has 3 rings (SSSR count). The molecule has 0 spiro atoms. The number of amides is 3. The van der Waals surface area contributed by atoms with Crippen molar-refractivity contribution < 1.29 is 14.4 Å². The molecule has 7 heteroatoms. The molecule has 1 aliphatic heterocycles. The molecule has 1 fully saturated rings. The number of nitrogens with zero attached hydrogens (tertiary/aromatic N) is 2. The molecule has 26 heavy (non-hydrogen) atoms. The predicted octanol–water partition coefficient (Wildman–Crippen LogP) is 1.56. The lowest BCUT2D eigenvalue weighted by Gasteiger charge is -2.24. The van der Waals surface area contributed by atoms with E-state index in [2.05, 4.69) is 5.32 Å². The molecule has 1 unspecified atom stereocenters. The minimum atomic E-state index is -0.565. The van der Waals surface area contributed by atoms with Crippen molar-refractivity contribution in [3.8, 4) is 0 Å². The highest BCUT2D eigenvalue weighted by molar-refractivity contribution is 6.00. The van der Waals surface area contributed by atoms with Crippen LogP contribution in [0.1, 0.15) is 34.5 Å². The summed E-state index contributed by atoms with van der Waals surface area (Å²) in [6.45, 7) is 2.40. The molecule has 1 saturated heterocycles. The van der Waals surface area contributed by atoms with Gasteiger partial charge in [-0.25, -0.2) is 0 Å². The van der Waals surface area contributed by atoms with Gasteiger partial charge in [0.2, 0.25) is 11.8 Å². The van der Waals surface area contributed by atoms with Crippen molar-refractivity contribution in [1.82, 2.24) is 9.47 Å². The molecule has 7 nitrogen and oxygen atoms in total. The summed E-state index contributed by atoms with van der Waals surface area (Å²) in [5.74, 6) is -0.855. The summed E-state index contributed by atoms with van der Waals surface area (Å²) in [6.07, 6.45) is 2.45. The van der Waals surface area contributed by atoms with Crippen molar-refractivity contribution in [2.45, 2.75) is 32.4 Å². The van der Waals surface area contributed by atoms with E-state index >= 15 is 0 Å². The van der Waals surface area contributed by atoms with E-state index in [0.717, 1.165) is 11.1 Å². The van der Waals surface area contributed by atoms with E-state index in [-0.39, 0.29) is 11.8 Å². The summed E-state index contributed by atoms with van der Waals surface area (Å²) in [4.78, 5) is 37.9. The average Bonchev–Trinajstić information content (AvgIpc) is 3.13. The number of carbonyl (C=O) groups excluding carboxylic acids is 3. The lowest BCUT2D eigenvalue weighted by molar-refractivity contribution is -0.133. The molecule has 1 aliphatic rings. The molecular formula is C19H22N4O3. The van der Waals surface area contributed by atoms with Crippen molar-refractivity contribution >= 4 is 23.4 Å². The second-order valence-corrected chi connectivity index (χ2v) is 6.64. The number of aryl methyl sites for hydroxylation is 2. The number of nitrogens with one attached hydrogen (secondary N) is 1. The first-order chi connectivity index (χ1) is 12.3. The number of likely N-dealkylation sites (tertiary alicyclic amines) is 1. The van der Waals surface area contributed by atoms with Crippen LogP contribution < -0.4 is 11.1 Å². The number of anilines is 1. The summed E-state index contributed by atoms with van der Waals surface area (Å²) in [5.41, 5.74) is 8.21. The Hall–Kier alpha value is -3.09. The number of aromatic nitrogens is 1. The highest BCUT2D eigenvalue weighted by Gasteiger charge is 2.36. The van der Waals surface area contributed by atoms with Crippen LogP contribution in [0, 0.1) is 6.92 Å². The molecule has 2 heterocycles. The molecule has 3 N–H and O–H groups in total. The van der Waals surface area contributed by atoms with Gasteiger partial charge in [-0.1, -0.05) is 29.8 Å². The fourth-order valence-corrected chi connectivity index (χ4v) is 3.20. The van der Waals surface area contributed by atoms with Gasteiger partial charge in [-0.05, 0) is 25.0 Å². The standard InChI is InChI=1S/C19H22N4O3/c1-12-3-5-13(6-4-12)10-23-15(7-8-17(23)24)19(26)21-14-9-16(18(20)25)22(2)11-14/h3-6,9,11,15H,7-8,10H2,1-2H3,(H2,20,25)(H,21,26). The quantitative estimate of drug-likeness (QED) is 0.853. The molecule has 0 saturated carbocycles. The summed E-state index contributed by atoms with van der Waals surface area (Å²) in [6, 6.07) is 8.90. The fourth-order valence-electron chi connectivity index (χ4n) is 3.20. The third-order valence-corrected chi connectivity index (χ3v) is 4.63. The Morgan fingerprint density at radius 1 is 1.27 bits per heavy atom. The SMILES string of the molecule is Cc1ccc(CN2C(=O)CCC2C(=O)Nc2cc(C(N)=O)n(C)c2)cc1. The Morgan fingerprint density at radius 3 is 2.58 bits per heavy atom. The van der Waals surface area contributed by atoms with E-state index in [1.165, 1.54) is 6.07 Å². The maximum Gasteiger partial charge on any atom is 0.265 e. The first-order valence-corrected chi connectivity index (χ1v) is 8.47. The van der Waals surface area contributed by atoms with Crippen LogP contribution in [0.5, 0.6) is 0 Å². The monoisotopic (exact) mass is 354 g/mol. The minimum absolute atomic E-state index is 0.0309. The van der Waals surface area contributed by atoms with Gasteiger partial charge in [-0.15, -0.1) is 0 Å². The summed E-state index contributed by atoms with van der Waals surface area (Å²) in [5, 5.41) is 2.78. The Labute approximate surface area is 151 Å². The molecule has 1 aromatic carbocycles. The maximum atomic E-state index is 12.7. The van der Waals surface area contributed by atoms with Crippen LogP contribution in [0.3, 0.4) is 0 Å². The average molecular weight is 354 g/mol. The molecular weight excluding hydrogens is 332 g/mol. The Bertz CT molecular complexity index is 854. The molecule has 3 amide bonds. The molecule has 0 radical (unpaired) electrons. The van der Waals surface area contributed by atoms with Gasteiger partial charge in [0.15, 0.2) is 0 Å². The number of hydrogen-bond donors (Lipinski definition) is 2. The van der Waals surface area contributed by atoms with Crippen LogP contribution in [0.4, 0.5) is 5.69 Å². The zero-order valence-corrected chi connectivity index (χ0v) is 14.9. The smallest absolute Gasteiger partial charge is 0.265 e. The molecule has 0 aliphatic carbocycles. The van der Waals surface area contributed by atoms with Crippen LogP contribution in [0.25, 0.3) is 0 Å². The summed E-state index contributed by atoms with van der Waals surface area (Å²) in [7, 11) is 1.68. The van der Waals surface area contributed by atoms with Crippen LogP contribution in [-0.4, -0.2) is 33.2 Å². The third-order valence-electron chi connectivity index (χ3n) is 4.63.